The Kier molecular flexibility index (Phi) is 7.86. The molecule has 1 amide bonds. The van der Waals surface area contributed by atoms with Crippen molar-refractivity contribution in [2.45, 2.75) is 0 Å². The molecule has 0 aliphatic heterocycles. The molecule has 0 bridgehead atoms. The number of nitrogens with one attached hydrogen (secondary N) is 4. The molecule has 0 heterocycles. The second kappa shape index (κ2) is 10.1. The van der Waals surface area contributed by atoms with Gasteiger partial charge in [0.1, 0.15) is 5.75 Å². The molecule has 0 spiro atoms. The lowest BCUT2D eigenvalue weighted by atomic mass is 10.3. The van der Waals surface area contributed by atoms with Gasteiger partial charge in [-0.2, -0.15) is 0 Å². The quantitative estimate of drug-likeness (QED) is 0.439. The van der Waals surface area contributed by atoms with Crippen LogP contribution in [0.3, 0.4) is 0 Å². The topological polar surface area (TPSA) is 74.4 Å². The van der Waals surface area contributed by atoms with Crippen molar-refractivity contribution in [1.29, 1.82) is 0 Å². The number of hydrogen-bond acceptors (Lipinski definition) is 4. The molecule has 0 atom stereocenters. The molecule has 2 aromatic rings. The second-order valence-corrected chi connectivity index (χ2v) is 6.47. The van der Waals surface area contributed by atoms with Gasteiger partial charge in [-0.05, 0) is 54.8 Å². The highest BCUT2D eigenvalue weighted by atomic mass is 35.5. The average molecular weight is 429 g/mol. The van der Waals surface area contributed by atoms with Gasteiger partial charge in [-0.15, -0.1) is 0 Å². The minimum Gasteiger partial charge on any atom is -0.482 e. The number of amides is 1. The van der Waals surface area contributed by atoms with Gasteiger partial charge < -0.3 is 10.1 Å². The van der Waals surface area contributed by atoms with Crippen LogP contribution in [-0.2, 0) is 4.79 Å². The molecule has 2 rings (SSSR count). The fraction of sp³-hybridized carbons (Fsp3) is 0.0625. The van der Waals surface area contributed by atoms with Gasteiger partial charge in [0.2, 0.25) is 0 Å². The maximum atomic E-state index is 11.8. The van der Waals surface area contributed by atoms with Crippen molar-refractivity contribution in [3.8, 4) is 5.75 Å². The van der Waals surface area contributed by atoms with E-state index in [1.807, 2.05) is 30.3 Å². The van der Waals surface area contributed by atoms with E-state index in [9.17, 15) is 4.79 Å². The van der Waals surface area contributed by atoms with Crippen molar-refractivity contribution in [3.05, 3.63) is 58.6 Å². The first-order chi connectivity index (χ1) is 12.4. The fourth-order valence-corrected chi connectivity index (χ4v) is 2.52. The van der Waals surface area contributed by atoms with Crippen molar-refractivity contribution >= 4 is 69.5 Å². The summed E-state index contributed by atoms with van der Waals surface area (Å²) in [6.45, 7) is -0.268. The molecule has 6 nitrogen and oxygen atoms in total. The molecule has 26 heavy (non-hydrogen) atoms. The van der Waals surface area contributed by atoms with Crippen LogP contribution in [0.25, 0.3) is 0 Å². The summed E-state index contributed by atoms with van der Waals surface area (Å²) >= 11 is 21.8. The number of ether oxygens (including phenoxy) is 1. The number of anilines is 1. The van der Waals surface area contributed by atoms with Crippen LogP contribution in [0, 0.1) is 0 Å². The normalized spacial score (nSPS) is 9.77. The number of hydrogen-bond donors (Lipinski definition) is 4. The Morgan fingerprint density at radius 2 is 1.69 bits per heavy atom. The predicted molar refractivity (Wildman–Crippen MR) is 112 cm³/mol. The van der Waals surface area contributed by atoms with Crippen molar-refractivity contribution in [2.75, 3.05) is 11.9 Å². The van der Waals surface area contributed by atoms with Crippen LogP contribution in [0.4, 0.5) is 5.69 Å². The summed E-state index contributed by atoms with van der Waals surface area (Å²) in [5.74, 6) is -0.117. The number of carbonyl (C=O) groups is 1. The number of benzene rings is 2. The van der Waals surface area contributed by atoms with Crippen molar-refractivity contribution in [2.24, 2.45) is 0 Å². The van der Waals surface area contributed by atoms with E-state index in [1.165, 1.54) is 6.07 Å². The van der Waals surface area contributed by atoms with Gasteiger partial charge in [0, 0.05) is 10.7 Å². The van der Waals surface area contributed by atoms with Crippen molar-refractivity contribution in [1.82, 2.24) is 16.2 Å². The van der Waals surface area contributed by atoms with Crippen molar-refractivity contribution < 1.29 is 9.53 Å². The Morgan fingerprint density at radius 3 is 2.38 bits per heavy atom. The van der Waals surface area contributed by atoms with Crippen LogP contribution >= 0.6 is 47.6 Å². The Bertz CT molecular complexity index is 806. The minimum atomic E-state index is -0.461. The number of para-hydroxylation sites is 1. The number of carbonyl (C=O) groups excluding carboxylic acids is 1. The monoisotopic (exact) mass is 428 g/mol. The van der Waals surface area contributed by atoms with E-state index in [0.717, 1.165) is 5.69 Å². The van der Waals surface area contributed by atoms with Gasteiger partial charge in [0.15, 0.2) is 16.8 Å². The van der Waals surface area contributed by atoms with Gasteiger partial charge in [0.05, 0.1) is 5.02 Å². The number of halogens is 2. The summed E-state index contributed by atoms with van der Waals surface area (Å²) in [5.41, 5.74) is 6.08. The van der Waals surface area contributed by atoms with Gasteiger partial charge in [-0.25, -0.2) is 0 Å². The molecule has 0 aromatic heterocycles. The zero-order valence-electron chi connectivity index (χ0n) is 13.2. The van der Waals surface area contributed by atoms with Crippen LogP contribution in [0.5, 0.6) is 5.75 Å². The molecular weight excluding hydrogens is 415 g/mol. The van der Waals surface area contributed by atoms with Crippen LogP contribution in [0.15, 0.2) is 48.5 Å². The molecule has 0 aliphatic carbocycles. The van der Waals surface area contributed by atoms with E-state index in [4.69, 9.17) is 52.4 Å². The third-order valence-electron chi connectivity index (χ3n) is 2.83. The maximum absolute atomic E-state index is 11.8. The number of thiocarbonyl (C=S) groups is 2. The van der Waals surface area contributed by atoms with E-state index < -0.39 is 5.91 Å². The lowest BCUT2D eigenvalue weighted by Crippen LogP contribution is -2.50. The molecule has 10 heteroatoms. The molecule has 0 radical (unpaired) electrons. The summed E-state index contributed by atoms with van der Waals surface area (Å²) in [7, 11) is 0. The van der Waals surface area contributed by atoms with E-state index in [1.54, 1.807) is 12.1 Å². The molecule has 2 aromatic carbocycles. The van der Waals surface area contributed by atoms with E-state index in [0.29, 0.717) is 15.8 Å². The first-order valence-electron chi connectivity index (χ1n) is 7.24. The Labute approximate surface area is 171 Å². The molecule has 0 fully saturated rings. The summed E-state index contributed by atoms with van der Waals surface area (Å²) in [4.78, 5) is 11.8. The van der Waals surface area contributed by atoms with E-state index in [2.05, 4.69) is 21.5 Å². The predicted octanol–water partition coefficient (Wildman–Crippen LogP) is 3.26. The summed E-state index contributed by atoms with van der Waals surface area (Å²) in [6.07, 6.45) is 0. The van der Waals surface area contributed by atoms with Crippen LogP contribution in [-0.4, -0.2) is 22.7 Å². The SMILES string of the molecule is O=C(COc1ccc(Cl)cc1Cl)NC(=S)NNC(=S)Nc1ccccc1. The smallest absolute Gasteiger partial charge is 0.264 e. The lowest BCUT2D eigenvalue weighted by molar-refractivity contribution is -0.121. The second-order valence-electron chi connectivity index (χ2n) is 4.81. The van der Waals surface area contributed by atoms with E-state index >= 15 is 0 Å². The lowest BCUT2D eigenvalue weighted by Gasteiger charge is -2.14. The molecule has 0 saturated heterocycles. The van der Waals surface area contributed by atoms with E-state index in [-0.39, 0.29) is 16.8 Å². The van der Waals surface area contributed by atoms with Gasteiger partial charge in [-0.1, -0.05) is 41.4 Å². The summed E-state index contributed by atoms with van der Waals surface area (Å²) in [5, 5.41) is 6.50. The highest BCUT2D eigenvalue weighted by Crippen LogP contribution is 2.27. The van der Waals surface area contributed by atoms with Gasteiger partial charge >= 0.3 is 0 Å². The molecule has 136 valence electrons. The van der Waals surface area contributed by atoms with Crippen LogP contribution in [0.2, 0.25) is 10.0 Å². The van der Waals surface area contributed by atoms with Gasteiger partial charge in [0.25, 0.3) is 5.91 Å². The third-order valence-corrected chi connectivity index (χ3v) is 3.77. The van der Waals surface area contributed by atoms with Crippen LogP contribution < -0.4 is 26.2 Å². The number of rotatable bonds is 4. The minimum absolute atomic E-state index is 0.0398. The first-order valence-corrected chi connectivity index (χ1v) is 8.81. The van der Waals surface area contributed by atoms with Crippen LogP contribution in [0.1, 0.15) is 0 Å². The summed E-state index contributed by atoms with van der Waals surface area (Å²) < 4.78 is 5.31. The molecule has 4 N–H and O–H groups in total. The maximum Gasteiger partial charge on any atom is 0.264 e. The number of hydrazine groups is 1. The first kappa shape index (κ1) is 20.2. The zero-order chi connectivity index (χ0) is 18.9. The standard InChI is InChI=1S/C16H14Cl2N4O2S2/c17-10-6-7-13(12(18)8-10)24-9-14(23)20-16(26)22-21-15(25)19-11-4-2-1-3-5-11/h1-8H,9H2,(H2,19,21,25)(H2,20,22,23,26). The average Bonchev–Trinajstić information content (AvgIpc) is 2.60. The Hall–Kier alpha value is -2.13. The molecule has 0 unspecified atom stereocenters. The Balaban J connectivity index is 1.70. The molecular formula is C16H14Cl2N4O2S2. The van der Waals surface area contributed by atoms with Crippen molar-refractivity contribution in [3.63, 3.8) is 0 Å². The summed E-state index contributed by atoms with van der Waals surface area (Å²) in [6, 6.07) is 14.0. The van der Waals surface area contributed by atoms with Gasteiger partial charge in [-0.3, -0.25) is 21.0 Å². The molecule has 0 saturated carbocycles. The third kappa shape index (κ3) is 7.01. The highest BCUT2D eigenvalue weighted by Gasteiger charge is 2.08. The largest absolute Gasteiger partial charge is 0.482 e. The zero-order valence-corrected chi connectivity index (χ0v) is 16.4. The fourth-order valence-electron chi connectivity index (χ4n) is 1.73. The molecule has 0 aliphatic rings. The Morgan fingerprint density at radius 1 is 1.00 bits per heavy atom. The highest BCUT2D eigenvalue weighted by molar-refractivity contribution is 7.80.